The van der Waals surface area contributed by atoms with Crippen LogP contribution in [0.2, 0.25) is 0 Å². The highest BCUT2D eigenvalue weighted by Crippen LogP contribution is 2.34. The number of benzene rings is 1. The van der Waals surface area contributed by atoms with Crippen molar-refractivity contribution in [2.45, 2.75) is 6.92 Å². The number of carbonyl (C=O) groups is 1. The summed E-state index contributed by atoms with van der Waals surface area (Å²) in [5, 5.41) is 10.1. The fourth-order valence-electron chi connectivity index (χ4n) is 3.47. The van der Waals surface area contributed by atoms with Gasteiger partial charge in [0.25, 0.3) is 0 Å². The van der Waals surface area contributed by atoms with Gasteiger partial charge in [-0.15, -0.1) is 11.3 Å². The Morgan fingerprint density at radius 1 is 1.26 bits per heavy atom. The van der Waals surface area contributed by atoms with Gasteiger partial charge in [0, 0.05) is 31.1 Å². The number of fused-ring (bicyclic) bond motifs is 2. The molecule has 0 radical (unpaired) electrons. The Hall–Kier alpha value is -2.42. The smallest absolute Gasteiger partial charge is 0.422 e. The first kappa shape index (κ1) is 18.0. The van der Waals surface area contributed by atoms with Gasteiger partial charge in [-0.2, -0.15) is 0 Å². The number of aryl methyl sites for hydroxylation is 1. The molecule has 1 fully saturated rings. The van der Waals surface area contributed by atoms with Crippen molar-refractivity contribution in [3.05, 3.63) is 45.1 Å². The molecule has 0 bridgehead atoms. The van der Waals surface area contributed by atoms with Crippen molar-refractivity contribution in [2.75, 3.05) is 44.9 Å². The minimum Gasteiger partial charge on any atom is -0.422 e. The van der Waals surface area contributed by atoms with E-state index in [0.29, 0.717) is 11.4 Å². The van der Waals surface area contributed by atoms with Crippen LogP contribution >= 0.6 is 11.3 Å². The zero-order chi connectivity index (χ0) is 19.0. The molecule has 0 atom stereocenters. The van der Waals surface area contributed by atoms with Crippen LogP contribution in [0.25, 0.3) is 5.82 Å². The number of rotatable bonds is 2. The summed E-state index contributed by atoms with van der Waals surface area (Å²) in [5.74, 6) is 0.773. The summed E-state index contributed by atoms with van der Waals surface area (Å²) in [6.45, 7) is 4.78. The van der Waals surface area contributed by atoms with E-state index in [1.807, 2.05) is 31.2 Å². The topological polar surface area (TPSA) is 68.6 Å². The zero-order valence-electron chi connectivity index (χ0n) is 15.4. The maximum Gasteiger partial charge on any atom is 0.422 e. The summed E-state index contributed by atoms with van der Waals surface area (Å²) in [7, 11) is 2.09. The summed E-state index contributed by atoms with van der Waals surface area (Å²) in [6, 6.07) is 9.60. The number of aliphatic hydroxyl groups is 1. The van der Waals surface area contributed by atoms with Gasteiger partial charge in [0.1, 0.15) is 10.5 Å². The third-order valence-corrected chi connectivity index (χ3v) is 5.75. The second kappa shape index (κ2) is 7.30. The predicted molar refractivity (Wildman–Crippen MR) is 104 cm³/mol. The maximum atomic E-state index is 12.9. The molecule has 0 saturated carbocycles. The molecule has 142 valence electrons. The minimum absolute atomic E-state index is 0.606. The van der Waals surface area contributed by atoms with E-state index in [0.717, 1.165) is 46.8 Å². The zero-order valence-corrected chi connectivity index (χ0v) is 16.2. The largest absolute Gasteiger partial charge is 0.422 e. The van der Waals surface area contributed by atoms with Crippen LogP contribution < -0.4 is 14.8 Å². The van der Waals surface area contributed by atoms with Gasteiger partial charge >= 0.3 is 6.09 Å². The molecule has 1 N–H and O–H groups in total. The molecule has 7 nitrogen and oxygen atoms in total. The van der Waals surface area contributed by atoms with Crippen LogP contribution in [0.1, 0.15) is 4.88 Å². The van der Waals surface area contributed by atoms with Crippen LogP contribution in [0.15, 0.2) is 35.3 Å². The number of ether oxygens (including phenoxy) is 1. The number of likely N-dealkylation sites (N-methyl/N-ethyl adjacent to an activating group) is 1. The van der Waals surface area contributed by atoms with Crippen LogP contribution in [0, 0.1) is 6.92 Å². The van der Waals surface area contributed by atoms with Gasteiger partial charge in [-0.1, -0.05) is 12.1 Å². The van der Waals surface area contributed by atoms with Crippen LogP contribution in [0.4, 0.5) is 16.2 Å². The van der Waals surface area contributed by atoms with E-state index in [2.05, 4.69) is 22.9 Å². The van der Waals surface area contributed by atoms with Crippen molar-refractivity contribution in [1.82, 2.24) is 9.80 Å². The van der Waals surface area contributed by atoms with E-state index in [1.54, 1.807) is 16.2 Å². The molecule has 8 heteroatoms. The quantitative estimate of drug-likeness (QED) is 0.787. The monoisotopic (exact) mass is 386 g/mol. The summed E-state index contributed by atoms with van der Waals surface area (Å²) in [6.07, 6.45) is -0.606. The number of aliphatic hydroxyl groups excluding tert-OH is 1. The second-order valence-corrected chi connectivity index (χ2v) is 7.90. The summed E-state index contributed by atoms with van der Waals surface area (Å²) in [5.41, 5.74) is 1.37. The average molecular weight is 386 g/mol. The molecule has 27 heavy (non-hydrogen) atoms. The van der Waals surface area contributed by atoms with E-state index in [-0.39, 0.29) is 0 Å². The van der Waals surface area contributed by atoms with Gasteiger partial charge in [0.05, 0.1) is 16.6 Å². The fourth-order valence-corrected chi connectivity index (χ4v) is 4.36. The molecule has 0 spiro atoms. The van der Waals surface area contributed by atoms with E-state index in [9.17, 15) is 9.90 Å². The van der Waals surface area contributed by atoms with Gasteiger partial charge in [0.2, 0.25) is 0 Å². The van der Waals surface area contributed by atoms with E-state index >= 15 is 0 Å². The van der Waals surface area contributed by atoms with Crippen molar-refractivity contribution in [3.63, 3.8) is 0 Å². The minimum atomic E-state index is -0.666. The Morgan fingerprint density at radius 3 is 2.74 bits per heavy atom. The number of carbonyl (C=O) groups excluding carboxylic acids is 1. The molecule has 1 amide bonds. The second-order valence-electron chi connectivity index (χ2n) is 6.67. The number of anilines is 1. The molecule has 2 aromatic rings. The van der Waals surface area contributed by atoms with Gasteiger partial charge in [-0.25, -0.2) is 14.7 Å². The first-order valence-electron chi connectivity index (χ1n) is 8.88. The summed E-state index contributed by atoms with van der Waals surface area (Å²) in [4.78, 5) is 24.9. The number of para-hydroxylation sites is 2. The van der Waals surface area contributed by atoms with Crippen LogP contribution in [-0.4, -0.2) is 61.0 Å². The molecule has 1 saturated heterocycles. The van der Waals surface area contributed by atoms with Crippen LogP contribution in [0.3, 0.4) is 0 Å². The molecular formula is C19H22N4O3S. The summed E-state index contributed by atoms with van der Waals surface area (Å²) >= 11 is 1.61. The predicted octanol–water partition coefficient (Wildman–Crippen LogP) is 1.23. The van der Waals surface area contributed by atoms with Crippen molar-refractivity contribution in [2.24, 2.45) is 4.99 Å². The highest BCUT2D eigenvalue weighted by Gasteiger charge is 2.32. The number of amides is 1. The van der Waals surface area contributed by atoms with Gasteiger partial charge in [-0.05, 0) is 32.2 Å². The normalized spacial score (nSPS) is 17.1. The molecule has 0 aliphatic carbocycles. The average Bonchev–Trinajstić information content (AvgIpc) is 2.95. The molecular weight excluding hydrogens is 364 g/mol. The SMILES string of the molecule is Cc1cc2c(s1)=Nc1ccccc1N(C(=O)OCO)C=2N1CCN(C)CC1. The Bertz CT molecular complexity index is 979. The Morgan fingerprint density at radius 2 is 2.00 bits per heavy atom. The highest BCUT2D eigenvalue weighted by atomic mass is 32.1. The van der Waals surface area contributed by atoms with Gasteiger partial charge < -0.3 is 19.6 Å². The lowest BCUT2D eigenvalue weighted by Gasteiger charge is -2.38. The van der Waals surface area contributed by atoms with Crippen LogP contribution in [0.5, 0.6) is 0 Å². The van der Waals surface area contributed by atoms with Crippen molar-refractivity contribution in [3.8, 4) is 0 Å². The van der Waals surface area contributed by atoms with Crippen molar-refractivity contribution in [1.29, 1.82) is 0 Å². The molecule has 0 unspecified atom stereocenters. The van der Waals surface area contributed by atoms with E-state index < -0.39 is 12.9 Å². The molecule has 2 aliphatic heterocycles. The first-order chi connectivity index (χ1) is 13.1. The lowest BCUT2D eigenvalue weighted by atomic mass is 10.2. The van der Waals surface area contributed by atoms with Crippen molar-refractivity contribution < 1.29 is 14.6 Å². The lowest BCUT2D eigenvalue weighted by Crippen LogP contribution is -2.51. The number of hydrogen-bond donors (Lipinski definition) is 1. The molecule has 2 aliphatic rings. The highest BCUT2D eigenvalue weighted by molar-refractivity contribution is 7.09. The van der Waals surface area contributed by atoms with E-state index in [4.69, 9.17) is 9.73 Å². The first-order valence-corrected chi connectivity index (χ1v) is 9.70. The number of thiophene rings is 1. The van der Waals surface area contributed by atoms with E-state index in [1.165, 1.54) is 0 Å². The molecule has 1 aromatic heterocycles. The number of hydrogen-bond acceptors (Lipinski definition) is 7. The summed E-state index contributed by atoms with van der Waals surface area (Å²) < 4.78 is 5.89. The Kier molecular flexibility index (Phi) is 4.86. The lowest BCUT2D eigenvalue weighted by molar-refractivity contribution is 0.0493. The number of nitrogens with zero attached hydrogens (tertiary/aromatic N) is 4. The van der Waals surface area contributed by atoms with Gasteiger partial charge in [0.15, 0.2) is 6.79 Å². The molecule has 3 heterocycles. The van der Waals surface area contributed by atoms with Crippen LogP contribution in [-0.2, 0) is 4.74 Å². The Balaban J connectivity index is 1.97. The Labute approximate surface area is 161 Å². The van der Waals surface area contributed by atoms with Crippen molar-refractivity contribution >= 4 is 34.6 Å². The standard InChI is InChI=1S/C19H22N4O3S/c1-13-11-14-17(27-13)20-15-5-3-4-6-16(15)23(19(25)26-12-24)18(14)22-9-7-21(2)8-10-22/h3-6,11,24H,7-10,12H2,1-2H3. The molecule has 1 aromatic carbocycles. The third kappa shape index (κ3) is 3.31. The van der Waals surface area contributed by atoms with Gasteiger partial charge in [-0.3, -0.25) is 0 Å². The number of piperazine rings is 1. The maximum absolute atomic E-state index is 12.9. The fraction of sp³-hybridized carbons (Fsp3) is 0.368. The molecule has 4 rings (SSSR count). The third-order valence-electron chi connectivity index (χ3n) is 4.81.